The number of hydrogen-bond donors (Lipinski definition) is 3. The Kier molecular flexibility index (Phi) is 3.12. The van der Waals surface area contributed by atoms with Crippen LogP contribution in [-0.2, 0) is 0 Å². The Bertz CT molecular complexity index is 330. The lowest BCUT2D eigenvalue weighted by atomic mass is 10.2. The third-order valence-electron chi connectivity index (χ3n) is 1.61. The molecule has 0 bridgehead atoms. The minimum Gasteiger partial charge on any atom is -0.398 e. The number of nitrogens with zero attached hydrogens (tertiary/aromatic N) is 1. The van der Waals surface area contributed by atoms with Crippen molar-refractivity contribution in [2.45, 2.75) is 0 Å². The molecule has 4 heteroatoms. The van der Waals surface area contributed by atoms with E-state index in [2.05, 4.69) is 5.32 Å². The van der Waals surface area contributed by atoms with E-state index >= 15 is 0 Å². The molecule has 1 aromatic carbocycles. The predicted molar refractivity (Wildman–Crippen MR) is 51.1 cm³/mol. The predicted octanol–water partition coefficient (Wildman–Crippen LogP) is 0.545. The van der Waals surface area contributed by atoms with Gasteiger partial charge in [-0.3, -0.25) is 0 Å². The van der Waals surface area contributed by atoms with E-state index in [9.17, 15) is 0 Å². The highest BCUT2D eigenvalue weighted by Crippen LogP contribution is 2.16. The number of benzene rings is 1. The first-order chi connectivity index (χ1) is 6.27. The fourth-order valence-electron chi connectivity index (χ4n) is 0.963. The summed E-state index contributed by atoms with van der Waals surface area (Å²) >= 11 is 0. The third-order valence-corrected chi connectivity index (χ3v) is 1.61. The van der Waals surface area contributed by atoms with Crippen LogP contribution in [0.2, 0.25) is 0 Å². The van der Waals surface area contributed by atoms with E-state index in [1.165, 1.54) is 0 Å². The van der Waals surface area contributed by atoms with Crippen LogP contribution in [0.15, 0.2) is 18.2 Å². The number of nitrogens with two attached hydrogens (primary N) is 1. The van der Waals surface area contributed by atoms with Gasteiger partial charge in [0.05, 0.1) is 12.2 Å². The maximum Gasteiger partial charge on any atom is 0.101 e. The smallest absolute Gasteiger partial charge is 0.101 e. The fraction of sp³-hybridized carbons (Fsp3) is 0.222. The van der Waals surface area contributed by atoms with Gasteiger partial charge < -0.3 is 16.2 Å². The molecule has 0 aliphatic carbocycles. The van der Waals surface area contributed by atoms with Crippen LogP contribution in [0, 0.1) is 11.3 Å². The fourth-order valence-corrected chi connectivity index (χ4v) is 0.963. The van der Waals surface area contributed by atoms with E-state index in [0.29, 0.717) is 17.8 Å². The van der Waals surface area contributed by atoms with Crippen molar-refractivity contribution in [3.05, 3.63) is 23.8 Å². The second kappa shape index (κ2) is 4.33. The normalized spacial score (nSPS) is 9.23. The van der Waals surface area contributed by atoms with E-state index in [4.69, 9.17) is 16.1 Å². The Labute approximate surface area is 76.6 Å². The molecule has 0 spiro atoms. The molecule has 1 rings (SSSR count). The van der Waals surface area contributed by atoms with Crippen molar-refractivity contribution < 1.29 is 5.11 Å². The highest BCUT2D eigenvalue weighted by atomic mass is 16.3. The molecule has 0 radical (unpaired) electrons. The first-order valence-corrected chi connectivity index (χ1v) is 3.92. The Morgan fingerprint density at radius 1 is 1.54 bits per heavy atom. The number of aliphatic hydroxyl groups is 1. The quantitative estimate of drug-likeness (QED) is 0.589. The molecule has 0 fully saturated rings. The van der Waals surface area contributed by atoms with Gasteiger partial charge in [-0.25, -0.2) is 0 Å². The molecule has 1 aromatic rings. The zero-order valence-corrected chi connectivity index (χ0v) is 7.12. The standard InChI is InChI=1S/C9H11N3O/c10-6-7-5-8(12-3-4-13)1-2-9(7)11/h1-2,5,12-13H,3-4,11H2. The summed E-state index contributed by atoms with van der Waals surface area (Å²) in [7, 11) is 0. The van der Waals surface area contributed by atoms with Crippen LogP contribution in [-0.4, -0.2) is 18.3 Å². The van der Waals surface area contributed by atoms with Gasteiger partial charge in [0.2, 0.25) is 0 Å². The van der Waals surface area contributed by atoms with Gasteiger partial charge in [-0.15, -0.1) is 0 Å². The molecule has 13 heavy (non-hydrogen) atoms. The SMILES string of the molecule is N#Cc1cc(NCCO)ccc1N. The molecule has 0 aromatic heterocycles. The number of hydrogen-bond acceptors (Lipinski definition) is 4. The van der Waals surface area contributed by atoms with Gasteiger partial charge in [-0.2, -0.15) is 5.26 Å². The van der Waals surface area contributed by atoms with Crippen LogP contribution in [0.4, 0.5) is 11.4 Å². The Hall–Kier alpha value is -1.73. The first kappa shape index (κ1) is 9.36. The summed E-state index contributed by atoms with van der Waals surface area (Å²) in [6.45, 7) is 0.529. The van der Waals surface area contributed by atoms with Crippen molar-refractivity contribution in [2.24, 2.45) is 0 Å². The second-order valence-electron chi connectivity index (χ2n) is 2.56. The van der Waals surface area contributed by atoms with Crippen LogP contribution in [0.1, 0.15) is 5.56 Å². The molecule has 0 aliphatic rings. The molecular weight excluding hydrogens is 166 g/mol. The highest BCUT2D eigenvalue weighted by molar-refractivity contribution is 5.61. The van der Waals surface area contributed by atoms with Gasteiger partial charge >= 0.3 is 0 Å². The molecule has 0 saturated heterocycles. The monoisotopic (exact) mass is 177 g/mol. The van der Waals surface area contributed by atoms with E-state index in [1.54, 1.807) is 18.2 Å². The minimum absolute atomic E-state index is 0.0618. The summed E-state index contributed by atoms with van der Waals surface area (Å²) in [5, 5.41) is 20.2. The molecule has 4 nitrogen and oxygen atoms in total. The molecule has 0 heterocycles. The zero-order valence-electron chi connectivity index (χ0n) is 7.12. The van der Waals surface area contributed by atoms with Crippen molar-refractivity contribution in [2.75, 3.05) is 24.2 Å². The van der Waals surface area contributed by atoms with E-state index in [1.807, 2.05) is 6.07 Å². The van der Waals surface area contributed by atoms with Gasteiger partial charge in [-0.1, -0.05) is 0 Å². The number of aliphatic hydroxyl groups excluding tert-OH is 1. The summed E-state index contributed by atoms with van der Waals surface area (Å²) in [5.41, 5.74) is 7.24. The lowest BCUT2D eigenvalue weighted by molar-refractivity contribution is 0.311. The highest BCUT2D eigenvalue weighted by Gasteiger charge is 1.98. The zero-order chi connectivity index (χ0) is 9.68. The summed E-state index contributed by atoms with van der Waals surface area (Å²) < 4.78 is 0. The number of nitriles is 1. The average molecular weight is 177 g/mol. The van der Waals surface area contributed by atoms with Crippen LogP contribution < -0.4 is 11.1 Å². The Balaban J connectivity index is 2.82. The Morgan fingerprint density at radius 3 is 2.92 bits per heavy atom. The van der Waals surface area contributed by atoms with Gasteiger partial charge in [-0.05, 0) is 18.2 Å². The number of anilines is 2. The lowest BCUT2D eigenvalue weighted by Gasteiger charge is -2.05. The molecule has 0 unspecified atom stereocenters. The van der Waals surface area contributed by atoms with Crippen molar-refractivity contribution in [1.29, 1.82) is 5.26 Å². The van der Waals surface area contributed by atoms with E-state index in [0.717, 1.165) is 5.69 Å². The minimum atomic E-state index is 0.0618. The summed E-state index contributed by atoms with van der Waals surface area (Å²) in [6.07, 6.45) is 0. The molecule has 0 amide bonds. The molecule has 4 N–H and O–H groups in total. The molecule has 68 valence electrons. The topological polar surface area (TPSA) is 82.1 Å². The Morgan fingerprint density at radius 2 is 2.31 bits per heavy atom. The van der Waals surface area contributed by atoms with Crippen molar-refractivity contribution in [3.63, 3.8) is 0 Å². The first-order valence-electron chi connectivity index (χ1n) is 3.92. The summed E-state index contributed by atoms with van der Waals surface area (Å²) in [5.74, 6) is 0. The average Bonchev–Trinajstić information content (AvgIpc) is 2.16. The number of nitrogens with one attached hydrogen (secondary N) is 1. The molecule has 0 saturated carbocycles. The molecule has 0 aliphatic heterocycles. The molecular formula is C9H11N3O. The van der Waals surface area contributed by atoms with E-state index in [-0.39, 0.29) is 6.61 Å². The molecule has 0 atom stereocenters. The van der Waals surface area contributed by atoms with Gasteiger partial charge in [0, 0.05) is 17.9 Å². The summed E-state index contributed by atoms with van der Waals surface area (Å²) in [4.78, 5) is 0. The maximum absolute atomic E-state index is 8.66. The van der Waals surface area contributed by atoms with Crippen LogP contribution in [0.5, 0.6) is 0 Å². The van der Waals surface area contributed by atoms with Gasteiger partial charge in [0.25, 0.3) is 0 Å². The van der Waals surface area contributed by atoms with Crippen LogP contribution >= 0.6 is 0 Å². The van der Waals surface area contributed by atoms with Crippen LogP contribution in [0.25, 0.3) is 0 Å². The van der Waals surface area contributed by atoms with Gasteiger partial charge in [0.15, 0.2) is 0 Å². The third kappa shape index (κ3) is 2.36. The lowest BCUT2D eigenvalue weighted by Crippen LogP contribution is -2.05. The van der Waals surface area contributed by atoms with Crippen molar-refractivity contribution in [3.8, 4) is 6.07 Å². The number of rotatable bonds is 3. The number of nitrogen functional groups attached to an aromatic ring is 1. The van der Waals surface area contributed by atoms with Crippen molar-refractivity contribution in [1.82, 2.24) is 0 Å². The largest absolute Gasteiger partial charge is 0.398 e. The van der Waals surface area contributed by atoms with Gasteiger partial charge in [0.1, 0.15) is 6.07 Å². The van der Waals surface area contributed by atoms with Crippen molar-refractivity contribution >= 4 is 11.4 Å². The second-order valence-corrected chi connectivity index (χ2v) is 2.56. The van der Waals surface area contributed by atoms with Crippen LogP contribution in [0.3, 0.4) is 0 Å². The summed E-state index contributed by atoms with van der Waals surface area (Å²) in [6, 6.07) is 7.08. The maximum atomic E-state index is 8.66. The van der Waals surface area contributed by atoms with E-state index < -0.39 is 0 Å².